The predicted molar refractivity (Wildman–Crippen MR) is 76.5 cm³/mol. The highest BCUT2D eigenvalue weighted by Gasteiger charge is 2.14. The van der Waals surface area contributed by atoms with Gasteiger partial charge in [0.1, 0.15) is 11.6 Å². The van der Waals surface area contributed by atoms with Crippen LogP contribution >= 0.6 is 0 Å². The Morgan fingerprint density at radius 2 is 1.90 bits per heavy atom. The Labute approximate surface area is 120 Å². The molecule has 0 aliphatic carbocycles. The molecule has 0 radical (unpaired) electrons. The third kappa shape index (κ3) is 3.47. The largest absolute Gasteiger partial charge is 0.462 e. The topological polar surface area (TPSA) is 64.3 Å². The van der Waals surface area contributed by atoms with Crippen LogP contribution in [0.15, 0.2) is 36.4 Å². The van der Waals surface area contributed by atoms with Crippen molar-refractivity contribution in [3.63, 3.8) is 0 Å². The zero-order chi connectivity index (χ0) is 15.4. The third-order valence-corrected chi connectivity index (χ3v) is 2.74. The number of ether oxygens (including phenoxy) is 1. The molecule has 0 bridgehead atoms. The second kappa shape index (κ2) is 6.21. The number of rotatable bonds is 4. The Kier molecular flexibility index (Phi) is 4.37. The van der Waals surface area contributed by atoms with Crippen LogP contribution in [-0.4, -0.2) is 12.6 Å². The van der Waals surface area contributed by atoms with Crippen LogP contribution in [0.1, 0.15) is 17.3 Å². The van der Waals surface area contributed by atoms with Crippen LogP contribution in [0.25, 0.3) is 0 Å². The second-order valence-corrected chi connectivity index (χ2v) is 4.27. The smallest absolute Gasteiger partial charge is 0.340 e. The minimum Gasteiger partial charge on any atom is -0.462 e. The lowest BCUT2D eigenvalue weighted by atomic mass is 10.1. The fourth-order valence-electron chi connectivity index (χ4n) is 1.78. The maximum atomic E-state index is 13.7. The molecular weight excluding hydrogens is 278 g/mol. The highest BCUT2D eigenvalue weighted by Crippen LogP contribution is 2.26. The Hall–Kier alpha value is -2.63. The van der Waals surface area contributed by atoms with Crippen molar-refractivity contribution in [3.8, 4) is 0 Å². The van der Waals surface area contributed by atoms with E-state index in [0.717, 1.165) is 12.1 Å². The van der Waals surface area contributed by atoms with Crippen molar-refractivity contribution in [1.29, 1.82) is 0 Å². The number of carbonyl (C=O) groups is 1. The predicted octanol–water partition coefficient (Wildman–Crippen LogP) is 3.47. The summed E-state index contributed by atoms with van der Waals surface area (Å²) < 4.78 is 31.5. The van der Waals surface area contributed by atoms with Gasteiger partial charge >= 0.3 is 5.97 Å². The molecule has 0 aliphatic rings. The number of carbonyl (C=O) groups excluding carboxylic acids is 1. The average Bonchev–Trinajstić information content (AvgIpc) is 2.43. The van der Waals surface area contributed by atoms with Gasteiger partial charge in [0.2, 0.25) is 0 Å². The van der Waals surface area contributed by atoms with Crippen LogP contribution < -0.4 is 11.1 Å². The molecule has 0 fully saturated rings. The molecule has 0 amide bonds. The zero-order valence-electron chi connectivity index (χ0n) is 11.3. The molecular formula is C15H14F2N2O2. The van der Waals surface area contributed by atoms with E-state index in [1.54, 1.807) is 13.0 Å². The van der Waals surface area contributed by atoms with Crippen molar-refractivity contribution in [3.05, 3.63) is 53.6 Å². The highest BCUT2D eigenvalue weighted by atomic mass is 19.1. The van der Waals surface area contributed by atoms with Crippen LogP contribution in [0.5, 0.6) is 0 Å². The summed E-state index contributed by atoms with van der Waals surface area (Å²) in [5.74, 6) is -2.02. The van der Waals surface area contributed by atoms with Crippen molar-refractivity contribution in [2.24, 2.45) is 0 Å². The maximum absolute atomic E-state index is 13.7. The summed E-state index contributed by atoms with van der Waals surface area (Å²) in [7, 11) is 0. The van der Waals surface area contributed by atoms with Gasteiger partial charge in [-0.05, 0) is 37.3 Å². The summed E-state index contributed by atoms with van der Waals surface area (Å²) >= 11 is 0. The van der Waals surface area contributed by atoms with E-state index in [1.807, 2.05) is 0 Å². The quantitative estimate of drug-likeness (QED) is 0.669. The second-order valence-electron chi connectivity index (χ2n) is 4.27. The Morgan fingerprint density at radius 3 is 2.57 bits per heavy atom. The van der Waals surface area contributed by atoms with E-state index in [9.17, 15) is 13.6 Å². The molecule has 0 aliphatic heterocycles. The molecule has 0 aromatic heterocycles. The van der Waals surface area contributed by atoms with Crippen molar-refractivity contribution in [1.82, 2.24) is 0 Å². The van der Waals surface area contributed by atoms with Crippen molar-refractivity contribution in [2.45, 2.75) is 6.92 Å². The van der Waals surface area contributed by atoms with Gasteiger partial charge in [0.25, 0.3) is 0 Å². The maximum Gasteiger partial charge on any atom is 0.340 e. The number of nitrogens with two attached hydrogens (primary N) is 1. The molecule has 3 N–H and O–H groups in total. The summed E-state index contributed by atoms with van der Waals surface area (Å²) in [6.45, 7) is 1.88. The number of benzene rings is 2. The van der Waals surface area contributed by atoms with E-state index in [0.29, 0.717) is 11.4 Å². The van der Waals surface area contributed by atoms with E-state index < -0.39 is 17.6 Å². The van der Waals surface area contributed by atoms with Gasteiger partial charge in [0, 0.05) is 11.8 Å². The standard InChI is InChI=1S/C15H14F2N2O2/c1-2-21-15(20)11-8-10(18)4-6-13(11)19-14-5-3-9(16)7-12(14)17/h3-8,19H,2,18H2,1H3. The first-order valence-electron chi connectivity index (χ1n) is 6.30. The summed E-state index contributed by atoms with van der Waals surface area (Å²) in [5, 5.41) is 2.74. The van der Waals surface area contributed by atoms with Crippen molar-refractivity contribution in [2.75, 3.05) is 17.7 Å². The van der Waals surface area contributed by atoms with E-state index in [2.05, 4.69) is 5.32 Å². The molecule has 0 saturated heterocycles. The van der Waals surface area contributed by atoms with Crippen LogP contribution in [0, 0.1) is 11.6 Å². The molecule has 6 heteroatoms. The zero-order valence-corrected chi connectivity index (χ0v) is 11.3. The van der Waals surface area contributed by atoms with E-state index in [-0.39, 0.29) is 17.9 Å². The van der Waals surface area contributed by atoms with Gasteiger partial charge in [-0.15, -0.1) is 0 Å². The van der Waals surface area contributed by atoms with Crippen LogP contribution in [-0.2, 0) is 4.74 Å². The van der Waals surface area contributed by atoms with Crippen LogP contribution in [0.2, 0.25) is 0 Å². The van der Waals surface area contributed by atoms with Crippen LogP contribution in [0.4, 0.5) is 25.8 Å². The molecule has 0 heterocycles. The number of hydrogen-bond acceptors (Lipinski definition) is 4. The number of esters is 1. The first kappa shape index (κ1) is 14.8. The first-order valence-corrected chi connectivity index (χ1v) is 6.30. The number of nitrogen functional groups attached to an aromatic ring is 1. The first-order chi connectivity index (χ1) is 10.0. The summed E-state index contributed by atoms with van der Waals surface area (Å²) in [4.78, 5) is 11.9. The normalized spacial score (nSPS) is 10.2. The molecule has 4 nitrogen and oxygen atoms in total. The number of hydrogen-bond donors (Lipinski definition) is 2. The SMILES string of the molecule is CCOC(=O)c1cc(N)ccc1Nc1ccc(F)cc1F. The Bertz CT molecular complexity index is 675. The monoisotopic (exact) mass is 292 g/mol. The van der Waals surface area contributed by atoms with E-state index in [4.69, 9.17) is 10.5 Å². The summed E-state index contributed by atoms with van der Waals surface area (Å²) in [6, 6.07) is 7.64. The molecule has 0 spiro atoms. The van der Waals surface area contributed by atoms with E-state index in [1.165, 1.54) is 18.2 Å². The van der Waals surface area contributed by atoms with E-state index >= 15 is 0 Å². The minimum absolute atomic E-state index is 0.0479. The molecule has 0 saturated carbocycles. The van der Waals surface area contributed by atoms with Gasteiger partial charge in [-0.1, -0.05) is 0 Å². The Morgan fingerprint density at radius 1 is 1.19 bits per heavy atom. The Balaban J connectivity index is 2.37. The average molecular weight is 292 g/mol. The van der Waals surface area contributed by atoms with Gasteiger partial charge in [0.05, 0.1) is 23.5 Å². The van der Waals surface area contributed by atoms with Crippen molar-refractivity contribution < 1.29 is 18.3 Å². The number of anilines is 3. The lowest BCUT2D eigenvalue weighted by Gasteiger charge is -2.12. The summed E-state index contributed by atoms with van der Waals surface area (Å²) in [5.41, 5.74) is 6.58. The fourth-order valence-corrected chi connectivity index (χ4v) is 1.78. The molecule has 2 aromatic rings. The van der Waals surface area contributed by atoms with Gasteiger partial charge in [-0.25, -0.2) is 13.6 Å². The molecule has 110 valence electrons. The molecule has 0 atom stereocenters. The lowest BCUT2D eigenvalue weighted by Crippen LogP contribution is -2.09. The number of nitrogens with one attached hydrogen (secondary N) is 1. The molecule has 2 rings (SSSR count). The third-order valence-electron chi connectivity index (χ3n) is 2.74. The minimum atomic E-state index is -0.762. The van der Waals surface area contributed by atoms with Gasteiger partial charge in [-0.2, -0.15) is 0 Å². The van der Waals surface area contributed by atoms with Gasteiger partial charge < -0.3 is 15.8 Å². The fraction of sp³-hybridized carbons (Fsp3) is 0.133. The lowest BCUT2D eigenvalue weighted by molar-refractivity contribution is 0.0527. The molecule has 21 heavy (non-hydrogen) atoms. The van der Waals surface area contributed by atoms with Gasteiger partial charge in [0.15, 0.2) is 0 Å². The molecule has 2 aromatic carbocycles. The highest BCUT2D eigenvalue weighted by molar-refractivity contribution is 5.97. The van der Waals surface area contributed by atoms with Crippen molar-refractivity contribution >= 4 is 23.0 Å². The number of halogens is 2. The van der Waals surface area contributed by atoms with Gasteiger partial charge in [-0.3, -0.25) is 0 Å². The summed E-state index contributed by atoms with van der Waals surface area (Å²) in [6.07, 6.45) is 0. The van der Waals surface area contributed by atoms with Crippen LogP contribution in [0.3, 0.4) is 0 Å². The molecule has 0 unspecified atom stereocenters.